The standard InChI is InChI=1S/C30H28F6N4O5S/c1-28(2,3)45-26(42)39-8-9-44-15-20(39)14-40-25(41)24(46-27(40)43)21(16-5-7-23-18(10-16)13-37-38-23)11-17-4-6-19(29(31,32)33)12-22(17)30(34,35)36/h4-7,10,12-13,20,41H,8-9,11,14-15H2,1-3H3/t20-/m0/s1. The summed E-state index contributed by atoms with van der Waals surface area (Å²) in [5, 5.41) is 19.9. The third-order valence-electron chi connectivity index (χ3n) is 7.24. The summed E-state index contributed by atoms with van der Waals surface area (Å²) >= 11 is 0.552. The molecule has 2 aliphatic rings. The molecule has 9 nitrogen and oxygen atoms in total. The van der Waals surface area contributed by atoms with Crippen LogP contribution in [-0.4, -0.2) is 58.3 Å². The number of alkyl halides is 6. The van der Waals surface area contributed by atoms with E-state index in [1.165, 1.54) is 17.2 Å². The van der Waals surface area contributed by atoms with Gasteiger partial charge in [-0.3, -0.25) is 14.3 Å². The van der Waals surface area contributed by atoms with Gasteiger partial charge in [0.2, 0.25) is 5.88 Å². The van der Waals surface area contributed by atoms with Crippen molar-refractivity contribution in [1.29, 1.82) is 0 Å². The van der Waals surface area contributed by atoms with Gasteiger partial charge in [-0.05, 0) is 61.4 Å². The average molecular weight is 671 g/mol. The van der Waals surface area contributed by atoms with Crippen LogP contribution in [0.1, 0.15) is 47.9 Å². The van der Waals surface area contributed by atoms with E-state index in [2.05, 4.69) is 10.2 Å². The molecule has 1 saturated heterocycles. The van der Waals surface area contributed by atoms with Crippen LogP contribution in [0.25, 0.3) is 5.57 Å². The highest BCUT2D eigenvalue weighted by molar-refractivity contribution is 7.10. The Morgan fingerprint density at radius 1 is 1.09 bits per heavy atom. The lowest BCUT2D eigenvalue weighted by atomic mass is 9.94. The first kappa shape index (κ1) is 33.2. The molecule has 0 saturated carbocycles. The van der Waals surface area contributed by atoms with E-state index < -0.39 is 64.0 Å². The number of rotatable bonds is 5. The van der Waals surface area contributed by atoms with E-state index in [0.29, 0.717) is 28.3 Å². The first-order chi connectivity index (χ1) is 21.4. The van der Waals surface area contributed by atoms with Crippen molar-refractivity contribution in [1.82, 2.24) is 9.47 Å². The lowest BCUT2D eigenvalue weighted by Gasteiger charge is -2.36. The fourth-order valence-electron chi connectivity index (χ4n) is 5.10. The molecule has 0 radical (unpaired) electrons. The molecule has 1 N–H and O–H groups in total. The molecule has 1 amide bonds. The Labute approximate surface area is 261 Å². The maximum atomic E-state index is 14.1. The van der Waals surface area contributed by atoms with Crippen LogP contribution in [0.3, 0.4) is 0 Å². The number of nitrogens with zero attached hydrogens (tertiary/aromatic N) is 4. The maximum Gasteiger partial charge on any atom is 0.416 e. The molecule has 1 atom stereocenters. The lowest BCUT2D eigenvalue weighted by Crippen LogP contribution is -2.52. The molecule has 1 aromatic heterocycles. The van der Waals surface area contributed by atoms with E-state index in [9.17, 15) is 41.0 Å². The van der Waals surface area contributed by atoms with E-state index in [4.69, 9.17) is 9.47 Å². The number of ether oxygens (including phenoxy) is 2. The predicted molar refractivity (Wildman–Crippen MR) is 155 cm³/mol. The van der Waals surface area contributed by atoms with Crippen molar-refractivity contribution >= 4 is 29.2 Å². The number of thiazole rings is 1. The van der Waals surface area contributed by atoms with Gasteiger partial charge in [0.1, 0.15) is 5.60 Å². The average Bonchev–Trinajstić information content (AvgIpc) is 3.53. The SMILES string of the molecule is CC(C)(C)OC(=O)N1CCOC[C@@H]1Cn1c(O)c(C(Cc2ccc(C(F)(F)F)cc2C(F)(F)F)=c2ccc3c(c2)C=NN=3)sc1=O. The zero-order valence-corrected chi connectivity index (χ0v) is 25.5. The molecule has 5 rings (SSSR count). The van der Waals surface area contributed by atoms with E-state index in [1.807, 2.05) is 0 Å². The molecule has 0 aliphatic carbocycles. The van der Waals surface area contributed by atoms with Crippen LogP contribution in [0.5, 0.6) is 5.88 Å². The number of carbonyl (C=O) groups is 1. The van der Waals surface area contributed by atoms with Gasteiger partial charge in [-0.2, -0.15) is 36.5 Å². The first-order valence-electron chi connectivity index (χ1n) is 13.9. The van der Waals surface area contributed by atoms with Crippen LogP contribution in [0, 0.1) is 0 Å². The van der Waals surface area contributed by atoms with Gasteiger partial charge in [-0.1, -0.05) is 23.5 Å². The summed E-state index contributed by atoms with van der Waals surface area (Å²) in [5.41, 5.74) is -3.72. The quantitative estimate of drug-likeness (QED) is 0.397. The van der Waals surface area contributed by atoms with Gasteiger partial charge >= 0.3 is 23.3 Å². The Hall–Kier alpha value is -4.18. The Morgan fingerprint density at radius 2 is 1.83 bits per heavy atom. The number of morpholine rings is 1. The molecule has 246 valence electrons. The monoisotopic (exact) mass is 670 g/mol. The number of fused-ring (bicyclic) bond motifs is 1. The van der Waals surface area contributed by atoms with Gasteiger partial charge in [0, 0.05) is 18.5 Å². The summed E-state index contributed by atoms with van der Waals surface area (Å²) in [5.74, 6) is -0.584. The Kier molecular flexibility index (Phi) is 8.81. The zero-order chi connectivity index (χ0) is 33.6. The molecule has 0 unspecified atom stereocenters. The van der Waals surface area contributed by atoms with Gasteiger partial charge in [0.15, 0.2) is 0 Å². The van der Waals surface area contributed by atoms with Gasteiger partial charge in [0.25, 0.3) is 0 Å². The fraction of sp³-hybridized carbons (Fsp3) is 0.400. The minimum atomic E-state index is -5.14. The third kappa shape index (κ3) is 7.12. The molecule has 16 heteroatoms. The fourth-order valence-corrected chi connectivity index (χ4v) is 6.06. The van der Waals surface area contributed by atoms with Crippen LogP contribution in [0.2, 0.25) is 0 Å². The number of aromatic hydroxyl groups is 1. The predicted octanol–water partition coefficient (Wildman–Crippen LogP) is 4.70. The lowest BCUT2D eigenvalue weighted by molar-refractivity contribution is -0.143. The summed E-state index contributed by atoms with van der Waals surface area (Å²) in [4.78, 5) is 26.8. The highest BCUT2D eigenvalue weighted by atomic mass is 32.1. The number of hydrogen-bond acceptors (Lipinski definition) is 8. The maximum absolute atomic E-state index is 14.1. The van der Waals surface area contributed by atoms with E-state index in [1.54, 1.807) is 32.9 Å². The minimum absolute atomic E-state index is 0.0149. The molecule has 1 fully saturated rings. The van der Waals surface area contributed by atoms with Crippen LogP contribution in [-0.2, 0) is 34.8 Å². The Morgan fingerprint density at radius 3 is 2.50 bits per heavy atom. The van der Waals surface area contributed by atoms with Crippen molar-refractivity contribution in [3.05, 3.63) is 83.8 Å². The van der Waals surface area contributed by atoms with Gasteiger partial charge in [-0.15, -0.1) is 0 Å². The molecule has 3 heterocycles. The number of aromatic nitrogens is 1. The summed E-state index contributed by atoms with van der Waals surface area (Å²) < 4.78 is 94.3. The number of halogens is 6. The van der Waals surface area contributed by atoms with Crippen molar-refractivity contribution in [2.75, 3.05) is 19.8 Å². The molecule has 46 heavy (non-hydrogen) atoms. The molecule has 0 bridgehead atoms. The molecule has 0 spiro atoms. The van der Waals surface area contributed by atoms with Crippen molar-refractivity contribution < 1.29 is 45.7 Å². The summed E-state index contributed by atoms with van der Waals surface area (Å²) in [6, 6.07) is 5.21. The third-order valence-corrected chi connectivity index (χ3v) is 8.27. The van der Waals surface area contributed by atoms with Gasteiger partial charge in [-0.25, -0.2) is 4.79 Å². The first-order valence-corrected chi connectivity index (χ1v) is 14.8. The molecular formula is C30H28F6N4O5S. The largest absolute Gasteiger partial charge is 0.493 e. The minimum Gasteiger partial charge on any atom is -0.493 e. The molecule has 2 aromatic carbocycles. The molecule has 3 aromatic rings. The summed E-state index contributed by atoms with van der Waals surface area (Å²) in [7, 11) is 0. The highest BCUT2D eigenvalue weighted by Crippen LogP contribution is 2.39. The van der Waals surface area contributed by atoms with Crippen molar-refractivity contribution in [2.45, 2.75) is 57.7 Å². The highest BCUT2D eigenvalue weighted by Gasteiger charge is 2.39. The number of hydrogen-bond donors (Lipinski definition) is 1. The second-order valence-electron chi connectivity index (χ2n) is 11.7. The summed E-state index contributed by atoms with van der Waals surface area (Å²) in [6.07, 6.45) is -9.98. The number of benzene rings is 2. The van der Waals surface area contributed by atoms with Gasteiger partial charge < -0.3 is 14.6 Å². The van der Waals surface area contributed by atoms with Crippen molar-refractivity contribution in [2.24, 2.45) is 10.2 Å². The van der Waals surface area contributed by atoms with Crippen molar-refractivity contribution in [3.8, 4) is 5.88 Å². The second-order valence-corrected chi connectivity index (χ2v) is 12.6. The Balaban J connectivity index is 1.61. The van der Waals surface area contributed by atoms with E-state index in [0.717, 1.165) is 10.6 Å². The van der Waals surface area contributed by atoms with E-state index in [-0.39, 0.29) is 48.0 Å². The van der Waals surface area contributed by atoms with Crippen LogP contribution >= 0.6 is 11.3 Å². The Bertz CT molecular complexity index is 1870. The van der Waals surface area contributed by atoms with Crippen LogP contribution in [0.4, 0.5) is 31.1 Å². The number of amides is 1. The molecular weight excluding hydrogens is 642 g/mol. The van der Waals surface area contributed by atoms with Gasteiger partial charge in [0.05, 0.1) is 53.4 Å². The topological polar surface area (TPSA) is 106 Å². The number of carbonyl (C=O) groups excluding carboxylic acids is 1. The van der Waals surface area contributed by atoms with Crippen LogP contribution in [0.15, 0.2) is 51.4 Å². The van der Waals surface area contributed by atoms with Crippen LogP contribution < -0.4 is 15.4 Å². The molecule has 2 aliphatic heterocycles. The van der Waals surface area contributed by atoms with Crippen molar-refractivity contribution in [3.63, 3.8) is 0 Å². The van der Waals surface area contributed by atoms with E-state index >= 15 is 0 Å². The normalized spacial score (nSPS) is 17.5. The zero-order valence-electron chi connectivity index (χ0n) is 24.7. The summed E-state index contributed by atoms with van der Waals surface area (Å²) in [6.45, 7) is 5.24. The second kappa shape index (κ2) is 12.2. The smallest absolute Gasteiger partial charge is 0.416 e.